The number of esters is 1. The molecule has 346 valence electrons. The van der Waals surface area contributed by atoms with Crippen LogP contribution in [0.5, 0.6) is 0 Å². The number of ether oxygens (including phenoxy) is 1. The molecule has 0 atom stereocenters. The van der Waals surface area contributed by atoms with Gasteiger partial charge in [0, 0.05) is 99.0 Å². The van der Waals surface area contributed by atoms with Gasteiger partial charge in [0.05, 0.1) is 24.4 Å². The van der Waals surface area contributed by atoms with E-state index in [0.717, 1.165) is 0 Å². The first-order chi connectivity index (χ1) is 31.4. The smallest absolute Gasteiger partial charge is 0.307 e. The molecule has 0 bridgehead atoms. The third-order valence-corrected chi connectivity index (χ3v) is 9.71. The van der Waals surface area contributed by atoms with Crippen LogP contribution < -0.4 is 37.2 Å². The molecule has 0 aliphatic carbocycles. The van der Waals surface area contributed by atoms with Crippen LogP contribution in [0.15, 0.2) is 61.4 Å². The molecule has 6 aromatic rings. The van der Waals surface area contributed by atoms with Gasteiger partial charge in [-0.05, 0) is 31.2 Å². The molecular formula is C41H48N16O9. The number of nitrogens with zero attached hydrogens (tertiary/aromatic N) is 9. The third kappa shape index (κ3) is 11.2. The molecule has 6 aromatic heterocycles. The molecule has 0 fully saturated rings. The monoisotopic (exact) mass is 908 g/mol. The molecule has 25 heteroatoms. The highest BCUT2D eigenvalue weighted by molar-refractivity contribution is 6.08. The third-order valence-electron chi connectivity index (χ3n) is 9.71. The lowest BCUT2D eigenvalue weighted by Crippen LogP contribution is -2.29. The van der Waals surface area contributed by atoms with Crippen LogP contribution in [-0.2, 0) is 56.6 Å². The summed E-state index contributed by atoms with van der Waals surface area (Å²) < 4.78 is 13.7. The van der Waals surface area contributed by atoms with Gasteiger partial charge in [0.25, 0.3) is 35.4 Å². The van der Waals surface area contributed by atoms with E-state index in [1.165, 1.54) is 63.1 Å². The second kappa shape index (κ2) is 20.2. The number of carbonyl (C=O) groups excluding carboxylic acids is 8. The van der Waals surface area contributed by atoms with Crippen LogP contribution in [0, 0.1) is 0 Å². The first-order valence-electron chi connectivity index (χ1n) is 20.2. The second-order valence-electron chi connectivity index (χ2n) is 14.8. The van der Waals surface area contributed by atoms with Gasteiger partial charge in [-0.3, -0.25) is 38.4 Å². The molecule has 0 saturated carbocycles. The van der Waals surface area contributed by atoms with Crippen molar-refractivity contribution in [3.63, 3.8) is 0 Å². The number of carbonyl (C=O) groups is 8. The molecule has 7 amide bonds. The van der Waals surface area contributed by atoms with Crippen LogP contribution in [0.2, 0.25) is 0 Å². The number of anilines is 5. The SMILES string of the molecule is CCOC(=O)CCNC(=O)c1nc(NC(=O)c2nc(NC(=O)c3nc(NC(=O)CCNC(=O)c4cc(NC(=O)c5cc(NC(=O)c6cccn6C)cn5C)cn4C)cn3C)cn2C)cn1C. The van der Waals surface area contributed by atoms with E-state index in [9.17, 15) is 38.4 Å². The zero-order chi connectivity index (χ0) is 47.8. The van der Waals surface area contributed by atoms with Crippen molar-refractivity contribution in [2.75, 3.05) is 46.3 Å². The molecule has 0 aromatic carbocycles. The number of aryl methyl sites for hydroxylation is 6. The van der Waals surface area contributed by atoms with E-state index in [4.69, 9.17) is 4.74 Å². The van der Waals surface area contributed by atoms with Crippen LogP contribution in [-0.4, -0.2) is 109 Å². The van der Waals surface area contributed by atoms with Gasteiger partial charge in [0.1, 0.15) is 17.1 Å². The lowest BCUT2D eigenvalue weighted by molar-refractivity contribution is -0.142. The normalized spacial score (nSPS) is 10.8. The number of nitrogens with one attached hydrogen (secondary N) is 7. The van der Waals surface area contributed by atoms with Crippen LogP contribution in [0.1, 0.15) is 83.1 Å². The van der Waals surface area contributed by atoms with Crippen LogP contribution in [0.4, 0.5) is 28.8 Å². The summed E-state index contributed by atoms with van der Waals surface area (Å²) in [7, 11) is 9.66. The summed E-state index contributed by atoms with van der Waals surface area (Å²) in [5, 5.41) is 18.5. The van der Waals surface area contributed by atoms with Crippen LogP contribution in [0.25, 0.3) is 0 Å². The summed E-state index contributed by atoms with van der Waals surface area (Å²) in [5.41, 5.74) is 1.69. The zero-order valence-corrected chi connectivity index (χ0v) is 37.0. The fourth-order valence-corrected chi connectivity index (χ4v) is 6.54. The minimum Gasteiger partial charge on any atom is -0.466 e. The summed E-state index contributed by atoms with van der Waals surface area (Å²) in [6.45, 7) is 1.89. The van der Waals surface area contributed by atoms with E-state index < -0.39 is 41.4 Å². The van der Waals surface area contributed by atoms with Gasteiger partial charge in [-0.2, -0.15) is 0 Å². The standard InChI is InChI=1S/C41H48N16O9/c1-8-66-32(59)12-14-43-39(63)33-48-29(21-55(33)5)50-41(65)35-49-30(22-57(35)7)51-40(64)34-47-28(20-56(34)6)46-31(58)11-13-42-36(60)26-16-23(18-53(26)3)45-38(62)27-17-24(19-54(27)4)44-37(61)25-10-9-15-52(25)2/h9-10,15-22H,8,11-14H2,1-7H3,(H,42,60)(H,43,63)(H,44,61)(H,45,62)(H,46,58)(H,50,65)(H,51,64). The van der Waals surface area contributed by atoms with Crippen molar-refractivity contribution in [3.8, 4) is 0 Å². The largest absolute Gasteiger partial charge is 0.466 e. The molecule has 0 aliphatic heterocycles. The van der Waals surface area contributed by atoms with Crippen molar-refractivity contribution >= 4 is 76.1 Å². The molecule has 0 saturated heterocycles. The zero-order valence-electron chi connectivity index (χ0n) is 37.0. The second-order valence-corrected chi connectivity index (χ2v) is 14.8. The maximum Gasteiger partial charge on any atom is 0.307 e. The van der Waals surface area contributed by atoms with Crippen LogP contribution in [0.3, 0.4) is 0 Å². The molecule has 0 spiro atoms. The van der Waals surface area contributed by atoms with Crippen molar-refractivity contribution in [2.24, 2.45) is 42.3 Å². The summed E-state index contributed by atoms with van der Waals surface area (Å²) in [6.07, 6.45) is 8.99. The van der Waals surface area contributed by atoms with Gasteiger partial charge in [-0.25, -0.2) is 15.0 Å². The highest BCUT2D eigenvalue weighted by Crippen LogP contribution is 2.19. The summed E-state index contributed by atoms with van der Waals surface area (Å²) in [5.74, 6) is -4.28. The Morgan fingerprint density at radius 2 is 0.955 bits per heavy atom. The van der Waals surface area contributed by atoms with E-state index in [2.05, 4.69) is 52.2 Å². The molecule has 66 heavy (non-hydrogen) atoms. The lowest BCUT2D eigenvalue weighted by Gasteiger charge is -2.06. The Morgan fingerprint density at radius 1 is 0.500 bits per heavy atom. The Kier molecular flexibility index (Phi) is 14.3. The number of hydrogen-bond acceptors (Lipinski definition) is 12. The lowest BCUT2D eigenvalue weighted by atomic mass is 10.3. The molecule has 7 N–H and O–H groups in total. The Morgan fingerprint density at radius 3 is 1.45 bits per heavy atom. The first-order valence-corrected chi connectivity index (χ1v) is 20.2. The Labute approximate surface area is 375 Å². The van der Waals surface area contributed by atoms with Gasteiger partial charge in [-0.15, -0.1) is 0 Å². The minimum absolute atomic E-state index is 0.0168. The maximum absolute atomic E-state index is 13.2. The Bertz CT molecular complexity index is 2850. The molecule has 0 unspecified atom stereocenters. The average molecular weight is 909 g/mol. The number of hydrogen-bond donors (Lipinski definition) is 7. The molecule has 25 nitrogen and oxygen atoms in total. The number of amides is 7. The fraction of sp³-hybridized carbons (Fsp3) is 0.293. The van der Waals surface area contributed by atoms with Crippen molar-refractivity contribution in [2.45, 2.75) is 19.8 Å². The molecule has 0 aliphatic rings. The highest BCUT2D eigenvalue weighted by atomic mass is 16.5. The van der Waals surface area contributed by atoms with Crippen molar-refractivity contribution < 1.29 is 43.1 Å². The maximum atomic E-state index is 13.2. The van der Waals surface area contributed by atoms with Crippen molar-refractivity contribution in [1.29, 1.82) is 0 Å². The number of rotatable bonds is 18. The van der Waals surface area contributed by atoms with Gasteiger partial charge in [0.2, 0.25) is 23.4 Å². The highest BCUT2D eigenvalue weighted by Gasteiger charge is 2.23. The van der Waals surface area contributed by atoms with E-state index >= 15 is 0 Å². The summed E-state index contributed by atoms with van der Waals surface area (Å²) >= 11 is 0. The molecular weight excluding hydrogens is 861 g/mol. The Balaban J connectivity index is 0.953. The van der Waals surface area contributed by atoms with Crippen molar-refractivity contribution in [1.82, 2.24) is 53.0 Å². The summed E-state index contributed by atoms with van der Waals surface area (Å²) in [6, 6.07) is 6.44. The predicted molar refractivity (Wildman–Crippen MR) is 237 cm³/mol. The van der Waals surface area contributed by atoms with Crippen LogP contribution >= 0.6 is 0 Å². The average Bonchev–Trinajstić information content (AvgIpc) is 4.11. The molecule has 6 rings (SSSR count). The Hall–Kier alpha value is -8.77. The number of aromatic nitrogens is 9. The van der Waals surface area contributed by atoms with E-state index in [0.29, 0.717) is 17.1 Å². The van der Waals surface area contributed by atoms with Gasteiger partial charge in [0.15, 0.2) is 17.5 Å². The van der Waals surface area contributed by atoms with Crippen molar-refractivity contribution in [3.05, 3.63) is 96.0 Å². The topological polar surface area (TPSA) is 298 Å². The van der Waals surface area contributed by atoms with E-state index in [1.807, 2.05) is 0 Å². The van der Waals surface area contributed by atoms with Gasteiger partial charge in [-0.1, -0.05) is 0 Å². The predicted octanol–water partition coefficient (Wildman–Crippen LogP) is 1.35. The van der Waals surface area contributed by atoms with E-state index in [-0.39, 0.29) is 84.8 Å². The fourth-order valence-electron chi connectivity index (χ4n) is 6.54. The molecule has 0 radical (unpaired) electrons. The van der Waals surface area contributed by atoms with E-state index in [1.54, 1.807) is 75.0 Å². The van der Waals surface area contributed by atoms with Gasteiger partial charge >= 0.3 is 5.97 Å². The summed E-state index contributed by atoms with van der Waals surface area (Å²) in [4.78, 5) is 115. The van der Waals surface area contributed by atoms with Gasteiger partial charge < -0.3 is 69.4 Å². The molecule has 6 heterocycles. The number of imidazole rings is 3. The first kappa shape index (κ1) is 46.7. The minimum atomic E-state index is -0.697. The quantitative estimate of drug-likeness (QED) is 0.0602.